The molecule has 0 saturated carbocycles. The summed E-state index contributed by atoms with van der Waals surface area (Å²) in [6.45, 7) is 4.38. The Morgan fingerprint density at radius 3 is 2.54 bits per heavy atom. The predicted octanol–water partition coefficient (Wildman–Crippen LogP) is 4.30. The topological polar surface area (TPSA) is 68.3 Å². The van der Waals surface area contributed by atoms with Crippen molar-refractivity contribution in [3.63, 3.8) is 0 Å². The first-order chi connectivity index (χ1) is 18.0. The van der Waals surface area contributed by atoms with E-state index in [1.54, 1.807) is 14.2 Å². The highest BCUT2D eigenvalue weighted by Crippen LogP contribution is 2.55. The van der Waals surface area contributed by atoms with Gasteiger partial charge in [-0.25, -0.2) is 4.79 Å². The molecule has 196 valence electrons. The van der Waals surface area contributed by atoms with Crippen molar-refractivity contribution in [2.45, 2.75) is 44.2 Å². The van der Waals surface area contributed by atoms with Gasteiger partial charge in [-0.3, -0.25) is 9.69 Å². The van der Waals surface area contributed by atoms with E-state index >= 15 is 0 Å². The molecule has 0 aliphatic carbocycles. The number of amides is 1. The van der Waals surface area contributed by atoms with Gasteiger partial charge in [0.2, 0.25) is 5.91 Å². The van der Waals surface area contributed by atoms with Gasteiger partial charge >= 0.3 is 5.97 Å². The second kappa shape index (κ2) is 10.2. The third-order valence-corrected chi connectivity index (χ3v) is 8.71. The molecule has 37 heavy (non-hydrogen) atoms. The highest BCUT2D eigenvalue weighted by Gasteiger charge is 2.62. The molecule has 7 nitrogen and oxygen atoms in total. The van der Waals surface area contributed by atoms with E-state index in [1.807, 2.05) is 41.3 Å². The number of anilines is 1. The first kappa shape index (κ1) is 25.3. The van der Waals surface area contributed by atoms with Crippen LogP contribution in [0.2, 0.25) is 0 Å². The molecular weight excluding hydrogens is 468 g/mol. The molecule has 2 aromatic rings. The zero-order chi connectivity index (χ0) is 26.2. The van der Waals surface area contributed by atoms with Crippen LogP contribution in [0.15, 0.2) is 60.4 Å². The summed E-state index contributed by atoms with van der Waals surface area (Å²) >= 11 is 0. The van der Waals surface area contributed by atoms with Crippen LogP contribution in [0.3, 0.4) is 0 Å². The fraction of sp³-hybridized carbons (Fsp3) is 0.467. The molecule has 2 saturated heterocycles. The zero-order valence-electron chi connectivity index (χ0n) is 22.1. The molecule has 3 aliphatic heterocycles. The Kier molecular flexibility index (Phi) is 6.99. The van der Waals surface area contributed by atoms with Crippen molar-refractivity contribution in [2.24, 2.45) is 11.8 Å². The van der Waals surface area contributed by atoms with Crippen LogP contribution in [0.5, 0.6) is 5.75 Å². The lowest BCUT2D eigenvalue weighted by Gasteiger charge is -2.45. The van der Waals surface area contributed by atoms with Crippen molar-refractivity contribution in [3.05, 3.63) is 71.5 Å². The van der Waals surface area contributed by atoms with E-state index in [2.05, 4.69) is 24.0 Å². The van der Waals surface area contributed by atoms with Crippen LogP contribution >= 0.6 is 0 Å². The molecule has 0 radical (unpaired) electrons. The van der Waals surface area contributed by atoms with E-state index < -0.39 is 5.41 Å². The third-order valence-electron chi connectivity index (χ3n) is 8.71. The summed E-state index contributed by atoms with van der Waals surface area (Å²) in [5.74, 6) is 0.841. The second-order valence-corrected chi connectivity index (χ2v) is 10.3. The molecule has 7 heteroatoms. The van der Waals surface area contributed by atoms with E-state index in [-0.39, 0.29) is 29.8 Å². The lowest BCUT2D eigenvalue weighted by atomic mass is 9.67. The van der Waals surface area contributed by atoms with Gasteiger partial charge in [-0.2, -0.15) is 0 Å². The molecule has 4 atom stereocenters. The monoisotopic (exact) mass is 504 g/mol. The SMILES string of the molecule is CC[C@H]1CN2CC[C@]3(C(=O)N(Cc4ccc(OC)cc4)c4ccccc43)C2C[C@@H]1/C(=C\OC)C(=O)OC. The standard InChI is InChI=1S/C30H36N2O5/c1-5-21-18-31-15-14-30(27(31)16-23(21)24(19-35-2)28(33)37-4)25-8-6-7-9-26(25)32(29(30)34)17-20-10-12-22(36-3)13-11-20/h6-13,19,21,23,27H,5,14-18H2,1-4H3/b24-19+/t21-,23-,27?,30+/m0/s1. The van der Waals surface area contributed by atoms with Gasteiger partial charge in [-0.05, 0) is 60.5 Å². The molecule has 1 unspecified atom stereocenters. The summed E-state index contributed by atoms with van der Waals surface area (Å²) in [7, 11) is 4.62. The largest absolute Gasteiger partial charge is 0.504 e. The van der Waals surface area contributed by atoms with Gasteiger partial charge < -0.3 is 19.1 Å². The van der Waals surface area contributed by atoms with E-state index in [1.165, 1.54) is 13.4 Å². The van der Waals surface area contributed by atoms with Gasteiger partial charge in [0.25, 0.3) is 0 Å². The van der Waals surface area contributed by atoms with Crippen molar-refractivity contribution >= 4 is 17.6 Å². The van der Waals surface area contributed by atoms with Crippen LogP contribution in [-0.4, -0.2) is 57.2 Å². The van der Waals surface area contributed by atoms with E-state index in [0.717, 1.165) is 48.5 Å². The number of benzene rings is 2. The number of rotatable bonds is 7. The molecule has 1 amide bonds. The summed E-state index contributed by atoms with van der Waals surface area (Å²) in [5, 5.41) is 0. The normalized spacial score (nSPS) is 27.2. The van der Waals surface area contributed by atoms with E-state index in [9.17, 15) is 9.59 Å². The van der Waals surface area contributed by atoms with Crippen LogP contribution in [0, 0.1) is 11.8 Å². The average molecular weight is 505 g/mol. The Balaban J connectivity index is 1.52. The molecule has 3 heterocycles. The minimum Gasteiger partial charge on any atom is -0.504 e. The maximum atomic E-state index is 14.5. The van der Waals surface area contributed by atoms with E-state index in [0.29, 0.717) is 18.5 Å². The van der Waals surface area contributed by atoms with Gasteiger partial charge in [0.15, 0.2) is 0 Å². The van der Waals surface area contributed by atoms with Gasteiger partial charge in [0, 0.05) is 18.3 Å². The van der Waals surface area contributed by atoms with Gasteiger partial charge in [-0.1, -0.05) is 43.7 Å². The van der Waals surface area contributed by atoms with Gasteiger partial charge in [0.05, 0.1) is 45.1 Å². The van der Waals surface area contributed by atoms with E-state index in [4.69, 9.17) is 14.2 Å². The van der Waals surface area contributed by atoms with Crippen LogP contribution in [0.25, 0.3) is 0 Å². The lowest BCUT2D eigenvalue weighted by Crippen LogP contribution is -2.54. The van der Waals surface area contributed by atoms with Crippen molar-refractivity contribution in [1.29, 1.82) is 0 Å². The number of nitrogens with zero attached hydrogens (tertiary/aromatic N) is 2. The van der Waals surface area contributed by atoms with Crippen LogP contribution < -0.4 is 9.64 Å². The molecule has 0 N–H and O–H groups in total. The Labute approximate surface area is 219 Å². The molecule has 5 rings (SSSR count). The maximum Gasteiger partial charge on any atom is 0.337 e. The molecular formula is C30H36N2O5. The maximum absolute atomic E-state index is 14.5. The summed E-state index contributed by atoms with van der Waals surface area (Å²) in [6, 6.07) is 16.1. The second-order valence-electron chi connectivity index (χ2n) is 10.3. The van der Waals surface area contributed by atoms with Crippen LogP contribution in [0.1, 0.15) is 37.3 Å². The Morgan fingerprint density at radius 1 is 1.11 bits per heavy atom. The molecule has 3 aliphatic rings. The first-order valence-corrected chi connectivity index (χ1v) is 13.1. The number of methoxy groups -OCH3 is 3. The highest BCUT2D eigenvalue weighted by atomic mass is 16.5. The fourth-order valence-corrected chi connectivity index (χ4v) is 6.90. The van der Waals surface area contributed by atoms with Gasteiger partial charge in [-0.15, -0.1) is 0 Å². The number of hydrogen-bond acceptors (Lipinski definition) is 6. The van der Waals surface area contributed by atoms with Crippen LogP contribution in [-0.2, 0) is 31.0 Å². The zero-order valence-corrected chi connectivity index (χ0v) is 22.1. The minimum atomic E-state index is -0.631. The number of carbonyl (C=O) groups excluding carboxylic acids is 2. The number of piperidine rings is 1. The summed E-state index contributed by atoms with van der Waals surface area (Å²) in [6.07, 6.45) is 3.96. The molecule has 2 fully saturated rings. The van der Waals surface area contributed by atoms with Gasteiger partial charge in [0.1, 0.15) is 5.75 Å². The van der Waals surface area contributed by atoms with Crippen LogP contribution in [0.4, 0.5) is 5.69 Å². The van der Waals surface area contributed by atoms with Crippen molar-refractivity contribution in [2.75, 3.05) is 39.3 Å². The number of ether oxygens (including phenoxy) is 3. The molecule has 2 aromatic carbocycles. The summed E-state index contributed by atoms with van der Waals surface area (Å²) in [4.78, 5) is 31.7. The summed E-state index contributed by atoms with van der Waals surface area (Å²) < 4.78 is 15.8. The predicted molar refractivity (Wildman–Crippen MR) is 141 cm³/mol. The number of carbonyl (C=O) groups is 2. The molecule has 0 aromatic heterocycles. The number of fused-ring (bicyclic) bond motifs is 4. The lowest BCUT2D eigenvalue weighted by molar-refractivity contribution is -0.137. The summed E-state index contributed by atoms with van der Waals surface area (Å²) in [5.41, 5.74) is 3.07. The first-order valence-electron chi connectivity index (χ1n) is 13.1. The van der Waals surface area contributed by atoms with Crippen molar-refractivity contribution in [1.82, 2.24) is 4.90 Å². The quantitative estimate of drug-likeness (QED) is 0.318. The van der Waals surface area contributed by atoms with Crippen molar-refractivity contribution in [3.8, 4) is 5.75 Å². The Morgan fingerprint density at radius 2 is 1.86 bits per heavy atom. The molecule has 0 bridgehead atoms. The Bertz CT molecular complexity index is 1190. The Hall–Kier alpha value is -3.32. The smallest absolute Gasteiger partial charge is 0.337 e. The fourth-order valence-electron chi connectivity index (χ4n) is 6.90. The number of para-hydroxylation sites is 1. The molecule has 1 spiro atoms. The highest BCUT2D eigenvalue weighted by molar-refractivity contribution is 6.09. The minimum absolute atomic E-state index is 0.000250. The van der Waals surface area contributed by atoms with Crippen molar-refractivity contribution < 1.29 is 23.8 Å². The average Bonchev–Trinajstić information content (AvgIpc) is 3.43. The third kappa shape index (κ3) is 4.09. The number of hydrogen-bond donors (Lipinski definition) is 0. The number of esters is 1.